The van der Waals surface area contributed by atoms with Gasteiger partial charge in [-0.1, -0.05) is 11.6 Å². The predicted octanol–water partition coefficient (Wildman–Crippen LogP) is 0.107. The number of carbonyl (C=O) groups excluding carboxylic acids is 1. The van der Waals surface area contributed by atoms with Gasteiger partial charge in [0.2, 0.25) is 0 Å². The van der Waals surface area contributed by atoms with Crippen LogP contribution in [0.5, 0.6) is 0 Å². The lowest BCUT2D eigenvalue weighted by atomic mass is 10.5. The summed E-state index contributed by atoms with van der Waals surface area (Å²) in [6.45, 7) is 0. The van der Waals surface area contributed by atoms with E-state index in [-0.39, 0.29) is 6.42 Å². The maximum absolute atomic E-state index is 10.2. The van der Waals surface area contributed by atoms with Crippen molar-refractivity contribution in [2.24, 2.45) is 0 Å². The molecule has 0 spiro atoms. The molecule has 0 fully saturated rings. The minimum absolute atomic E-state index is 0.155. The lowest BCUT2D eigenvalue weighted by Gasteiger charge is -1.97. The van der Waals surface area contributed by atoms with Crippen molar-refractivity contribution in [3.63, 3.8) is 0 Å². The van der Waals surface area contributed by atoms with E-state index in [2.05, 4.69) is 4.74 Å². The molecule has 0 bridgehead atoms. The quantitative estimate of drug-likeness (QED) is 0.435. The van der Waals surface area contributed by atoms with Crippen molar-refractivity contribution < 1.29 is 14.6 Å². The Kier molecular flexibility index (Phi) is 3.56. The zero-order valence-electron chi connectivity index (χ0n) is 4.43. The minimum Gasteiger partial charge on any atom is -0.469 e. The summed E-state index contributed by atoms with van der Waals surface area (Å²) in [5.74, 6) is -0.507. The van der Waals surface area contributed by atoms with Crippen LogP contribution in [0.2, 0.25) is 0 Å². The van der Waals surface area contributed by atoms with Crippen molar-refractivity contribution in [1.29, 1.82) is 0 Å². The molecule has 48 valence electrons. The van der Waals surface area contributed by atoms with Gasteiger partial charge in [0.15, 0.2) is 0 Å². The molecule has 1 atom stereocenters. The Bertz CT molecular complexity index is 81.4. The van der Waals surface area contributed by atoms with E-state index in [1.807, 2.05) is 0 Å². The van der Waals surface area contributed by atoms with Crippen LogP contribution in [0.3, 0.4) is 0 Å². The van der Waals surface area contributed by atoms with E-state index >= 15 is 0 Å². The largest absolute Gasteiger partial charge is 0.469 e. The zero-order valence-corrected chi connectivity index (χ0v) is 5.18. The van der Waals surface area contributed by atoms with E-state index in [0.29, 0.717) is 0 Å². The standard InChI is InChI=1S/C4H7ClO3/c1-8-4(7)2-3(5)6/h3,6H,2H2,1H3. The summed E-state index contributed by atoms with van der Waals surface area (Å²) in [7, 11) is 1.24. The topological polar surface area (TPSA) is 46.5 Å². The first kappa shape index (κ1) is 7.72. The van der Waals surface area contributed by atoms with Crippen molar-refractivity contribution in [3.05, 3.63) is 0 Å². The van der Waals surface area contributed by atoms with Crippen LogP contribution in [0.15, 0.2) is 0 Å². The van der Waals surface area contributed by atoms with Crippen LogP contribution in [0.1, 0.15) is 6.42 Å². The van der Waals surface area contributed by atoms with Crippen LogP contribution < -0.4 is 0 Å². The van der Waals surface area contributed by atoms with E-state index in [0.717, 1.165) is 0 Å². The number of methoxy groups -OCH3 is 1. The van der Waals surface area contributed by atoms with Crippen LogP contribution in [0, 0.1) is 0 Å². The van der Waals surface area contributed by atoms with Crippen LogP contribution in [0.25, 0.3) is 0 Å². The summed E-state index contributed by atoms with van der Waals surface area (Å²) >= 11 is 5.01. The highest BCUT2D eigenvalue weighted by Crippen LogP contribution is 1.96. The molecule has 1 N–H and O–H groups in total. The van der Waals surface area contributed by atoms with Crippen LogP contribution in [-0.4, -0.2) is 23.7 Å². The van der Waals surface area contributed by atoms with Gasteiger partial charge in [0, 0.05) is 0 Å². The normalized spacial score (nSPS) is 12.9. The number of hydrogen-bond acceptors (Lipinski definition) is 3. The Balaban J connectivity index is 3.25. The summed E-state index contributed by atoms with van der Waals surface area (Å²) in [6.07, 6.45) is -0.155. The van der Waals surface area contributed by atoms with Gasteiger partial charge in [-0.3, -0.25) is 4.79 Å². The minimum atomic E-state index is -1.12. The molecule has 0 amide bonds. The molecular formula is C4H7ClO3. The first-order valence-electron chi connectivity index (χ1n) is 2.05. The molecule has 1 unspecified atom stereocenters. The summed E-state index contributed by atoms with van der Waals surface area (Å²) in [4.78, 5) is 10.2. The van der Waals surface area contributed by atoms with Crippen molar-refractivity contribution in [2.45, 2.75) is 12.0 Å². The highest BCUT2D eigenvalue weighted by molar-refractivity contribution is 6.20. The van der Waals surface area contributed by atoms with Gasteiger partial charge < -0.3 is 9.84 Å². The average Bonchev–Trinajstić information content (AvgIpc) is 1.65. The summed E-state index contributed by atoms with van der Waals surface area (Å²) in [6, 6.07) is 0. The molecule has 0 aliphatic rings. The number of aliphatic hydroxyl groups excluding tert-OH is 1. The van der Waals surface area contributed by atoms with Crippen LogP contribution >= 0.6 is 11.6 Å². The van der Waals surface area contributed by atoms with E-state index in [1.165, 1.54) is 7.11 Å². The number of rotatable bonds is 2. The average molecular weight is 139 g/mol. The second kappa shape index (κ2) is 3.69. The fourth-order valence-corrected chi connectivity index (χ4v) is 0.347. The Hall–Kier alpha value is -0.280. The smallest absolute Gasteiger partial charge is 0.309 e. The first-order valence-corrected chi connectivity index (χ1v) is 2.49. The van der Waals surface area contributed by atoms with Crippen molar-refractivity contribution in [1.82, 2.24) is 0 Å². The molecule has 0 aromatic rings. The molecule has 0 aliphatic heterocycles. The third-order valence-electron chi connectivity index (χ3n) is 0.563. The monoisotopic (exact) mass is 138 g/mol. The summed E-state index contributed by atoms with van der Waals surface area (Å²) in [5, 5.41) is 8.32. The molecule has 0 aliphatic carbocycles. The third kappa shape index (κ3) is 3.89. The number of carbonyl (C=O) groups is 1. The molecule has 4 heteroatoms. The second-order valence-electron chi connectivity index (χ2n) is 1.21. The summed E-state index contributed by atoms with van der Waals surface area (Å²) in [5.41, 5.74) is -1.12. The van der Waals surface area contributed by atoms with Crippen molar-refractivity contribution in [3.8, 4) is 0 Å². The fourth-order valence-electron chi connectivity index (χ4n) is 0.221. The number of aliphatic hydroxyl groups is 1. The van der Waals surface area contributed by atoms with E-state index < -0.39 is 11.5 Å². The molecule has 0 rings (SSSR count). The molecule has 3 nitrogen and oxygen atoms in total. The predicted molar refractivity (Wildman–Crippen MR) is 28.5 cm³/mol. The SMILES string of the molecule is COC(=O)CC(O)Cl. The van der Waals surface area contributed by atoms with E-state index in [4.69, 9.17) is 16.7 Å². The first-order chi connectivity index (χ1) is 3.66. The van der Waals surface area contributed by atoms with Gasteiger partial charge in [0.25, 0.3) is 0 Å². The molecule has 0 aromatic heterocycles. The Morgan fingerprint density at radius 3 is 2.62 bits per heavy atom. The Morgan fingerprint density at radius 1 is 2.00 bits per heavy atom. The third-order valence-corrected chi connectivity index (χ3v) is 0.717. The number of esters is 1. The molecule has 0 radical (unpaired) electrons. The molecule has 0 heterocycles. The number of halogens is 1. The molecule has 0 saturated carbocycles. The van der Waals surface area contributed by atoms with Gasteiger partial charge in [0.1, 0.15) is 5.56 Å². The lowest BCUT2D eigenvalue weighted by Crippen LogP contribution is -2.07. The molecular weight excluding hydrogens is 131 g/mol. The maximum atomic E-state index is 10.2. The van der Waals surface area contributed by atoms with E-state index in [1.54, 1.807) is 0 Å². The Labute approximate surface area is 52.2 Å². The van der Waals surface area contributed by atoms with Gasteiger partial charge in [-0.05, 0) is 0 Å². The van der Waals surface area contributed by atoms with Gasteiger partial charge in [-0.25, -0.2) is 0 Å². The van der Waals surface area contributed by atoms with Gasteiger partial charge in [0.05, 0.1) is 13.5 Å². The van der Waals surface area contributed by atoms with Crippen molar-refractivity contribution in [2.75, 3.05) is 7.11 Å². The Morgan fingerprint density at radius 2 is 2.50 bits per heavy atom. The van der Waals surface area contributed by atoms with Crippen molar-refractivity contribution >= 4 is 17.6 Å². The van der Waals surface area contributed by atoms with Crippen LogP contribution in [0.4, 0.5) is 0 Å². The highest BCUT2D eigenvalue weighted by Gasteiger charge is 2.05. The molecule has 0 aromatic carbocycles. The zero-order chi connectivity index (χ0) is 6.57. The van der Waals surface area contributed by atoms with Crippen LogP contribution in [-0.2, 0) is 9.53 Å². The number of alkyl halides is 1. The second-order valence-corrected chi connectivity index (χ2v) is 1.72. The fraction of sp³-hybridized carbons (Fsp3) is 0.750. The van der Waals surface area contributed by atoms with Gasteiger partial charge in [-0.2, -0.15) is 0 Å². The maximum Gasteiger partial charge on any atom is 0.309 e. The van der Waals surface area contributed by atoms with Gasteiger partial charge >= 0.3 is 5.97 Å². The number of ether oxygens (including phenoxy) is 1. The number of hydrogen-bond donors (Lipinski definition) is 1. The van der Waals surface area contributed by atoms with Gasteiger partial charge in [-0.15, -0.1) is 0 Å². The summed E-state index contributed by atoms with van der Waals surface area (Å²) < 4.78 is 4.18. The lowest BCUT2D eigenvalue weighted by molar-refractivity contribution is -0.141. The molecule has 0 saturated heterocycles. The highest BCUT2D eigenvalue weighted by atomic mass is 35.5. The van der Waals surface area contributed by atoms with E-state index in [9.17, 15) is 4.79 Å². The molecule has 8 heavy (non-hydrogen) atoms.